The third-order valence-corrected chi connectivity index (χ3v) is 7.93. The number of carbonyl (C=O) groups excluding carboxylic acids is 3. The zero-order valence-corrected chi connectivity index (χ0v) is 21.1. The average Bonchev–Trinajstić information content (AvgIpc) is 3.30. The van der Waals surface area contributed by atoms with Crippen LogP contribution < -0.4 is 10.1 Å². The van der Waals surface area contributed by atoms with Gasteiger partial charge in [-0.05, 0) is 51.5 Å². The highest BCUT2D eigenvalue weighted by atomic mass is 16.5. The molecule has 36 heavy (non-hydrogen) atoms. The Hall–Kier alpha value is -2.76. The molecule has 1 aromatic heterocycles. The predicted octanol–water partition coefficient (Wildman–Crippen LogP) is -0.573. The summed E-state index contributed by atoms with van der Waals surface area (Å²) < 4.78 is 11.1. The van der Waals surface area contributed by atoms with Crippen LogP contribution in [0, 0.1) is 0 Å². The van der Waals surface area contributed by atoms with Crippen LogP contribution in [-0.4, -0.2) is 133 Å². The molecule has 4 aliphatic heterocycles. The number of carbonyl (C=O) groups is 3. The molecule has 5 rings (SSSR count). The summed E-state index contributed by atoms with van der Waals surface area (Å²) in [6.07, 6.45) is 4.16. The Morgan fingerprint density at radius 1 is 1.17 bits per heavy atom. The average molecular weight is 501 g/mol. The Balaban J connectivity index is 1.45. The molecule has 2 bridgehead atoms. The van der Waals surface area contributed by atoms with Crippen molar-refractivity contribution < 1.29 is 23.9 Å². The van der Waals surface area contributed by atoms with Gasteiger partial charge in [0.15, 0.2) is 0 Å². The van der Waals surface area contributed by atoms with Crippen LogP contribution in [-0.2, 0) is 14.3 Å². The Labute approximate surface area is 211 Å². The zero-order valence-electron chi connectivity index (χ0n) is 21.1. The number of hydrogen-bond acceptors (Lipinski definition) is 8. The SMILES string of the molecule is COCC(=O)N1CCN2C(=O)[C@@H]3C[C@@H](CN3C3CCN(C)CC3)NC(=O)c3cccnc3OC[C@@H]2C1. The third-order valence-electron chi connectivity index (χ3n) is 7.93. The van der Waals surface area contributed by atoms with E-state index in [9.17, 15) is 14.4 Å². The second-order valence-corrected chi connectivity index (χ2v) is 10.3. The lowest BCUT2D eigenvalue weighted by atomic mass is 10.0. The van der Waals surface area contributed by atoms with Crippen molar-refractivity contribution in [1.82, 2.24) is 29.9 Å². The highest BCUT2D eigenvalue weighted by molar-refractivity contribution is 5.96. The maximum Gasteiger partial charge on any atom is 0.257 e. The summed E-state index contributed by atoms with van der Waals surface area (Å²) in [5, 5.41) is 3.14. The molecule has 3 saturated heterocycles. The number of hydrogen-bond donors (Lipinski definition) is 1. The van der Waals surface area contributed by atoms with Gasteiger partial charge in [0.1, 0.15) is 18.8 Å². The number of piperidine rings is 1. The highest BCUT2D eigenvalue weighted by Gasteiger charge is 2.45. The number of pyridine rings is 1. The van der Waals surface area contributed by atoms with E-state index in [0.717, 1.165) is 25.9 Å². The van der Waals surface area contributed by atoms with Gasteiger partial charge in [-0.15, -0.1) is 0 Å². The van der Waals surface area contributed by atoms with Gasteiger partial charge in [0.25, 0.3) is 5.91 Å². The monoisotopic (exact) mass is 500 g/mol. The van der Waals surface area contributed by atoms with Gasteiger partial charge in [-0.1, -0.05) is 0 Å². The van der Waals surface area contributed by atoms with Crippen LogP contribution in [0.1, 0.15) is 29.6 Å². The van der Waals surface area contributed by atoms with E-state index in [0.29, 0.717) is 44.2 Å². The van der Waals surface area contributed by atoms with Crippen molar-refractivity contribution in [2.24, 2.45) is 0 Å². The largest absolute Gasteiger partial charge is 0.475 e. The summed E-state index contributed by atoms with van der Waals surface area (Å²) in [6.45, 7) is 4.03. The topological polar surface area (TPSA) is 108 Å². The Kier molecular flexibility index (Phi) is 7.40. The first-order valence-corrected chi connectivity index (χ1v) is 12.8. The van der Waals surface area contributed by atoms with E-state index < -0.39 is 0 Å². The minimum absolute atomic E-state index is 0.000291. The molecule has 4 aliphatic rings. The molecule has 11 heteroatoms. The summed E-state index contributed by atoms with van der Waals surface area (Å²) in [4.78, 5) is 52.4. The summed E-state index contributed by atoms with van der Waals surface area (Å²) in [7, 11) is 3.63. The smallest absolute Gasteiger partial charge is 0.257 e. The number of nitrogens with zero attached hydrogens (tertiary/aromatic N) is 5. The van der Waals surface area contributed by atoms with Gasteiger partial charge in [0.2, 0.25) is 17.7 Å². The van der Waals surface area contributed by atoms with E-state index in [1.54, 1.807) is 23.2 Å². The second-order valence-electron chi connectivity index (χ2n) is 10.3. The van der Waals surface area contributed by atoms with Crippen molar-refractivity contribution >= 4 is 17.7 Å². The molecule has 3 fully saturated rings. The Morgan fingerprint density at radius 2 is 1.97 bits per heavy atom. The summed E-state index contributed by atoms with van der Waals surface area (Å²) in [6, 6.07) is 2.94. The van der Waals surface area contributed by atoms with Crippen LogP contribution >= 0.6 is 0 Å². The molecule has 0 aromatic carbocycles. The zero-order chi connectivity index (χ0) is 25.2. The van der Waals surface area contributed by atoms with Gasteiger partial charge in [0, 0.05) is 51.6 Å². The van der Waals surface area contributed by atoms with Crippen LogP contribution in [0.15, 0.2) is 18.3 Å². The number of amides is 3. The lowest BCUT2D eigenvalue weighted by molar-refractivity contribution is -0.149. The molecule has 5 heterocycles. The van der Waals surface area contributed by atoms with E-state index in [2.05, 4.69) is 27.1 Å². The van der Waals surface area contributed by atoms with Crippen LogP contribution in [0.3, 0.4) is 0 Å². The fraction of sp³-hybridized carbons (Fsp3) is 0.680. The molecule has 11 nitrogen and oxygen atoms in total. The minimum Gasteiger partial charge on any atom is -0.475 e. The number of rotatable bonds is 3. The standard InChI is InChI=1S/C25H36N6O5/c1-28-8-5-18(6-9-28)31-13-17-12-21(31)25(34)30-11-10-29(22(32)16-35-2)14-19(30)15-36-24-20(23(33)27-17)4-3-7-26-24/h3-4,7,17-19,21H,5-6,8-16H2,1-2H3,(H,27,33)/t17-,19-,21-/m0/s1. The van der Waals surface area contributed by atoms with Crippen molar-refractivity contribution in [3.63, 3.8) is 0 Å². The van der Waals surface area contributed by atoms with E-state index in [1.807, 2.05) is 4.90 Å². The van der Waals surface area contributed by atoms with Gasteiger partial charge in [-0.3, -0.25) is 19.3 Å². The number of piperazine rings is 1. The first-order valence-electron chi connectivity index (χ1n) is 12.8. The van der Waals surface area contributed by atoms with Crippen molar-refractivity contribution in [3.05, 3.63) is 23.9 Å². The van der Waals surface area contributed by atoms with E-state index in [1.165, 1.54) is 7.11 Å². The first kappa shape index (κ1) is 24.9. The van der Waals surface area contributed by atoms with Gasteiger partial charge in [0.05, 0.1) is 12.1 Å². The third kappa shape index (κ3) is 5.05. The number of likely N-dealkylation sites (tertiary alicyclic amines) is 2. The molecule has 0 radical (unpaired) electrons. The number of methoxy groups -OCH3 is 1. The Morgan fingerprint density at radius 3 is 2.75 bits per heavy atom. The van der Waals surface area contributed by atoms with E-state index >= 15 is 0 Å². The second kappa shape index (κ2) is 10.7. The lowest BCUT2D eigenvalue weighted by Crippen LogP contribution is -2.62. The van der Waals surface area contributed by atoms with Crippen LogP contribution in [0.25, 0.3) is 0 Å². The van der Waals surface area contributed by atoms with Crippen LogP contribution in [0.2, 0.25) is 0 Å². The normalized spacial score (nSPS) is 28.4. The maximum absolute atomic E-state index is 14.1. The highest BCUT2D eigenvalue weighted by Crippen LogP contribution is 2.30. The van der Waals surface area contributed by atoms with Crippen molar-refractivity contribution in [1.29, 1.82) is 0 Å². The molecule has 3 amide bonds. The van der Waals surface area contributed by atoms with Crippen LogP contribution in [0.5, 0.6) is 5.88 Å². The van der Waals surface area contributed by atoms with Gasteiger partial charge >= 0.3 is 0 Å². The van der Waals surface area contributed by atoms with Crippen LogP contribution in [0.4, 0.5) is 0 Å². The quantitative estimate of drug-likeness (QED) is 0.588. The van der Waals surface area contributed by atoms with Crippen molar-refractivity contribution in [2.45, 2.75) is 43.4 Å². The minimum atomic E-state index is -0.345. The molecular formula is C25H36N6O5. The number of aromatic nitrogens is 1. The first-order chi connectivity index (χ1) is 17.4. The molecule has 0 saturated carbocycles. The molecule has 0 unspecified atom stereocenters. The summed E-state index contributed by atoms with van der Waals surface area (Å²) in [5.74, 6) is -0.0510. The molecular weight excluding hydrogens is 464 g/mol. The Bertz CT molecular complexity index is 983. The fourth-order valence-corrected chi connectivity index (χ4v) is 5.98. The fourth-order valence-electron chi connectivity index (χ4n) is 5.98. The molecule has 196 valence electrons. The summed E-state index contributed by atoms with van der Waals surface area (Å²) >= 11 is 0. The maximum atomic E-state index is 14.1. The van der Waals surface area contributed by atoms with E-state index in [-0.39, 0.29) is 54.9 Å². The van der Waals surface area contributed by atoms with E-state index in [4.69, 9.17) is 9.47 Å². The van der Waals surface area contributed by atoms with Crippen molar-refractivity contribution in [2.75, 3.05) is 66.6 Å². The van der Waals surface area contributed by atoms with Gasteiger partial charge < -0.3 is 29.5 Å². The van der Waals surface area contributed by atoms with Gasteiger partial charge in [-0.25, -0.2) is 4.98 Å². The van der Waals surface area contributed by atoms with Crippen molar-refractivity contribution in [3.8, 4) is 5.88 Å². The van der Waals surface area contributed by atoms with Gasteiger partial charge in [-0.2, -0.15) is 0 Å². The molecule has 0 spiro atoms. The lowest BCUT2D eigenvalue weighted by Gasteiger charge is -2.44. The molecule has 1 aromatic rings. The molecule has 3 atom stereocenters. The number of fused-ring (bicyclic) bond motifs is 4. The predicted molar refractivity (Wildman–Crippen MR) is 131 cm³/mol. The summed E-state index contributed by atoms with van der Waals surface area (Å²) in [5.41, 5.74) is 0.383. The number of nitrogens with one attached hydrogen (secondary N) is 1. The number of ether oxygens (including phenoxy) is 2. The molecule has 0 aliphatic carbocycles. The molecule has 1 N–H and O–H groups in total.